The predicted octanol–water partition coefficient (Wildman–Crippen LogP) is 5.26. The third kappa shape index (κ3) is 2.69. The van der Waals surface area contributed by atoms with E-state index in [1.54, 1.807) is 0 Å². The third-order valence-electron chi connectivity index (χ3n) is 5.65. The van der Waals surface area contributed by atoms with Crippen LogP contribution in [0.5, 0.6) is 11.5 Å². The zero-order valence-corrected chi connectivity index (χ0v) is 18.0. The largest absolute Gasteiger partial charge is 0.494 e. The number of carbonyl (C=O) groups is 1. The van der Waals surface area contributed by atoms with Crippen LogP contribution in [0, 0.1) is 5.41 Å². The molecule has 1 atom stereocenters. The number of ether oxygens (including phenoxy) is 2. The summed E-state index contributed by atoms with van der Waals surface area (Å²) in [7, 11) is 0. The molecule has 0 bridgehead atoms. The Bertz CT molecular complexity index is 1160. The number of fused-ring (bicyclic) bond motifs is 7. The molecule has 0 saturated carbocycles. The Labute approximate surface area is 177 Å². The van der Waals surface area contributed by atoms with Crippen molar-refractivity contribution < 1.29 is 14.3 Å². The fourth-order valence-electron chi connectivity index (χ4n) is 4.08. The second-order valence-corrected chi connectivity index (χ2v) is 8.83. The quantitative estimate of drug-likeness (QED) is 0.575. The number of nitrogens with one attached hydrogen (secondary N) is 1. The minimum absolute atomic E-state index is 0.0590. The summed E-state index contributed by atoms with van der Waals surface area (Å²) in [5.74, 6) is 1.52. The average molecular weight is 453 g/mol. The summed E-state index contributed by atoms with van der Waals surface area (Å²) >= 11 is 3.58. The normalized spacial score (nSPS) is 19.0. The number of hydrazine groups is 1. The van der Waals surface area contributed by atoms with Crippen molar-refractivity contribution in [2.45, 2.75) is 27.0 Å². The molecule has 3 aromatic rings. The molecule has 1 fully saturated rings. The lowest BCUT2D eigenvalue weighted by Gasteiger charge is -2.29. The van der Waals surface area contributed by atoms with Gasteiger partial charge in [-0.25, -0.2) is 5.01 Å². The van der Waals surface area contributed by atoms with Crippen molar-refractivity contribution in [1.29, 1.82) is 0 Å². The number of anilines is 1. The molecule has 1 unspecified atom stereocenters. The third-order valence-corrected chi connectivity index (χ3v) is 6.15. The second kappa shape index (κ2) is 6.39. The number of hydrogen-bond donors (Lipinski definition) is 1. The Kier molecular flexibility index (Phi) is 4.03. The van der Waals surface area contributed by atoms with Crippen LogP contribution >= 0.6 is 15.9 Å². The summed E-state index contributed by atoms with van der Waals surface area (Å²) in [5.41, 5.74) is 5.21. The maximum absolute atomic E-state index is 12.6. The van der Waals surface area contributed by atoms with Gasteiger partial charge in [0, 0.05) is 15.6 Å². The number of halogens is 1. The summed E-state index contributed by atoms with van der Waals surface area (Å²) < 4.78 is 13.2. The average Bonchev–Trinajstić information content (AvgIpc) is 2.83. The molecule has 1 saturated heterocycles. The van der Waals surface area contributed by atoms with E-state index in [0.717, 1.165) is 43.6 Å². The van der Waals surface area contributed by atoms with Gasteiger partial charge >= 0.3 is 0 Å². The summed E-state index contributed by atoms with van der Waals surface area (Å²) in [6, 6.07) is 16.3. The predicted molar refractivity (Wildman–Crippen MR) is 117 cm³/mol. The van der Waals surface area contributed by atoms with E-state index in [-0.39, 0.29) is 5.91 Å². The molecule has 0 aromatic heterocycles. The first-order valence-electron chi connectivity index (χ1n) is 9.66. The van der Waals surface area contributed by atoms with E-state index >= 15 is 0 Å². The van der Waals surface area contributed by atoms with Crippen molar-refractivity contribution in [3.05, 3.63) is 53.0 Å². The highest BCUT2D eigenvalue weighted by Crippen LogP contribution is 2.49. The smallest absolute Gasteiger partial charge is 0.250 e. The monoisotopic (exact) mass is 452 g/mol. The first-order chi connectivity index (χ1) is 13.9. The highest BCUT2D eigenvalue weighted by Gasteiger charge is 2.51. The zero-order chi connectivity index (χ0) is 20.3. The van der Waals surface area contributed by atoms with Crippen LogP contribution in [0.1, 0.15) is 20.8 Å². The molecule has 2 heterocycles. The Balaban J connectivity index is 1.83. The first-order valence-corrected chi connectivity index (χ1v) is 10.5. The topological polar surface area (TPSA) is 50.8 Å². The molecule has 5 rings (SSSR count). The summed E-state index contributed by atoms with van der Waals surface area (Å²) in [6.45, 7) is 6.40. The maximum atomic E-state index is 12.6. The van der Waals surface area contributed by atoms with Gasteiger partial charge in [-0.15, -0.1) is 0 Å². The number of carbonyl (C=O) groups excluding carboxylic acids is 1. The zero-order valence-electron chi connectivity index (χ0n) is 16.5. The molecular formula is C23H21BrN2O3. The van der Waals surface area contributed by atoms with Gasteiger partial charge in [-0.2, -0.15) is 0 Å². The van der Waals surface area contributed by atoms with E-state index in [1.807, 2.05) is 50.0 Å². The highest BCUT2D eigenvalue weighted by molar-refractivity contribution is 9.10. The van der Waals surface area contributed by atoms with Crippen LogP contribution in [0.2, 0.25) is 0 Å². The van der Waals surface area contributed by atoms with E-state index in [0.29, 0.717) is 6.61 Å². The van der Waals surface area contributed by atoms with Crippen LogP contribution in [0.4, 0.5) is 5.69 Å². The van der Waals surface area contributed by atoms with Crippen LogP contribution in [0.15, 0.2) is 53.0 Å². The lowest BCUT2D eigenvalue weighted by Crippen LogP contribution is -2.44. The van der Waals surface area contributed by atoms with Gasteiger partial charge in [0.15, 0.2) is 0 Å². The van der Waals surface area contributed by atoms with Gasteiger partial charge in [-0.3, -0.25) is 10.2 Å². The van der Waals surface area contributed by atoms with E-state index in [1.165, 1.54) is 0 Å². The fraction of sp³-hybridized carbons (Fsp3) is 0.261. The maximum Gasteiger partial charge on any atom is 0.250 e. The molecule has 1 amide bonds. The standard InChI is InChI=1S/C23H21BrN2O3/c1-4-28-15-8-5-13-6-10-19-20(17(13)12-15)16-9-7-14(24)11-18(16)26-22(29-19)23(2,3)21(27)25-26/h5-12,22H,4H2,1-3H3,(H,25,27). The van der Waals surface area contributed by atoms with Crippen LogP contribution in [0.25, 0.3) is 21.9 Å². The molecule has 0 spiro atoms. The first kappa shape index (κ1) is 18.3. The summed E-state index contributed by atoms with van der Waals surface area (Å²) in [6.07, 6.45) is -0.461. The van der Waals surface area contributed by atoms with Gasteiger partial charge in [-0.05, 0) is 61.9 Å². The van der Waals surface area contributed by atoms with Gasteiger partial charge in [0.05, 0.1) is 12.3 Å². The molecule has 2 aliphatic rings. The number of hydrogen-bond acceptors (Lipinski definition) is 4. The van der Waals surface area contributed by atoms with Crippen molar-refractivity contribution in [2.24, 2.45) is 5.41 Å². The molecule has 1 N–H and O–H groups in total. The number of rotatable bonds is 2. The summed E-state index contributed by atoms with van der Waals surface area (Å²) in [5, 5.41) is 4.01. The van der Waals surface area contributed by atoms with Crippen LogP contribution in [-0.2, 0) is 4.79 Å². The SMILES string of the molecule is CCOc1ccc2ccc3c(c2c1)-c1ccc(Br)cc1N1NC(=O)C(C)(C)C1O3. The van der Waals surface area contributed by atoms with Crippen molar-refractivity contribution in [3.8, 4) is 22.6 Å². The number of benzene rings is 3. The van der Waals surface area contributed by atoms with Gasteiger partial charge in [0.25, 0.3) is 0 Å². The van der Waals surface area contributed by atoms with Gasteiger partial charge < -0.3 is 9.47 Å². The Morgan fingerprint density at radius 1 is 1.17 bits per heavy atom. The molecule has 0 aliphatic carbocycles. The van der Waals surface area contributed by atoms with Gasteiger partial charge in [0.2, 0.25) is 12.1 Å². The van der Waals surface area contributed by atoms with Crippen molar-refractivity contribution in [1.82, 2.24) is 5.43 Å². The molecule has 0 radical (unpaired) electrons. The Morgan fingerprint density at radius 2 is 1.97 bits per heavy atom. The molecular weight excluding hydrogens is 432 g/mol. The van der Waals surface area contributed by atoms with Gasteiger partial charge in [0.1, 0.15) is 16.9 Å². The molecule has 29 heavy (non-hydrogen) atoms. The van der Waals surface area contributed by atoms with Gasteiger partial charge in [-0.1, -0.05) is 34.1 Å². The summed E-state index contributed by atoms with van der Waals surface area (Å²) in [4.78, 5) is 12.6. The minimum atomic E-state index is -0.705. The number of amides is 1. The minimum Gasteiger partial charge on any atom is -0.494 e. The highest BCUT2D eigenvalue weighted by atomic mass is 79.9. The van der Waals surface area contributed by atoms with Crippen LogP contribution in [-0.4, -0.2) is 18.7 Å². The Morgan fingerprint density at radius 3 is 2.76 bits per heavy atom. The lowest BCUT2D eigenvalue weighted by molar-refractivity contribution is -0.128. The van der Waals surface area contributed by atoms with Crippen molar-refractivity contribution >= 4 is 38.3 Å². The van der Waals surface area contributed by atoms with E-state index in [9.17, 15) is 4.79 Å². The van der Waals surface area contributed by atoms with E-state index in [2.05, 4.69) is 45.6 Å². The molecule has 6 heteroatoms. The Hall–Kier alpha value is -2.73. The van der Waals surface area contributed by atoms with Crippen molar-refractivity contribution in [3.63, 3.8) is 0 Å². The molecule has 148 valence electrons. The second-order valence-electron chi connectivity index (χ2n) is 7.92. The van der Waals surface area contributed by atoms with E-state index in [4.69, 9.17) is 9.47 Å². The lowest BCUT2D eigenvalue weighted by atomic mass is 9.91. The van der Waals surface area contributed by atoms with Crippen molar-refractivity contribution in [2.75, 3.05) is 11.6 Å². The van der Waals surface area contributed by atoms with E-state index < -0.39 is 11.6 Å². The fourth-order valence-corrected chi connectivity index (χ4v) is 4.43. The number of nitrogens with zero attached hydrogens (tertiary/aromatic N) is 1. The molecule has 5 nitrogen and oxygen atoms in total. The molecule has 2 aliphatic heterocycles. The van der Waals surface area contributed by atoms with Crippen LogP contribution in [0.3, 0.4) is 0 Å². The van der Waals surface area contributed by atoms with Crippen LogP contribution < -0.4 is 19.9 Å². The molecule has 3 aromatic carbocycles.